The van der Waals surface area contributed by atoms with Crippen molar-refractivity contribution < 1.29 is 14.4 Å². The van der Waals surface area contributed by atoms with Crippen LogP contribution < -0.4 is 11.1 Å². The fraction of sp³-hybridized carbons (Fsp3) is 0.250. The molecule has 1 aliphatic rings. The van der Waals surface area contributed by atoms with E-state index in [1.54, 1.807) is 31.2 Å². The van der Waals surface area contributed by atoms with E-state index < -0.39 is 12.0 Å². The Balaban J connectivity index is 0.00000261. The summed E-state index contributed by atoms with van der Waals surface area (Å²) in [7, 11) is 0. The van der Waals surface area contributed by atoms with Crippen molar-refractivity contribution in [2.45, 2.75) is 13.0 Å². The normalized spacial score (nSPS) is 15.0. The molecule has 0 spiro atoms. The first-order valence-corrected chi connectivity index (χ1v) is 8.54. The number of carbonyl (C=O) groups excluding carboxylic acids is 3. The summed E-state index contributed by atoms with van der Waals surface area (Å²) in [5.74, 6) is -1.29. The van der Waals surface area contributed by atoms with Crippen LogP contribution >= 0.6 is 12.4 Å². The molecule has 0 aromatic heterocycles. The summed E-state index contributed by atoms with van der Waals surface area (Å²) in [5, 5.41) is 2.76. The van der Waals surface area contributed by atoms with Gasteiger partial charge in [-0.15, -0.1) is 12.4 Å². The molecule has 1 heterocycles. The van der Waals surface area contributed by atoms with Crippen molar-refractivity contribution in [2.75, 3.05) is 13.1 Å². The van der Waals surface area contributed by atoms with E-state index in [4.69, 9.17) is 5.73 Å². The minimum atomic E-state index is -0.431. The molecule has 0 fully saturated rings. The Morgan fingerprint density at radius 3 is 2.07 bits per heavy atom. The van der Waals surface area contributed by atoms with Crippen molar-refractivity contribution >= 4 is 30.1 Å². The van der Waals surface area contributed by atoms with Crippen molar-refractivity contribution in [1.82, 2.24) is 10.2 Å². The number of hydrogen-bond donors (Lipinski definition) is 2. The van der Waals surface area contributed by atoms with E-state index in [1.807, 2.05) is 30.3 Å². The molecular formula is C20H22ClN3O3. The average molecular weight is 388 g/mol. The predicted molar refractivity (Wildman–Crippen MR) is 105 cm³/mol. The summed E-state index contributed by atoms with van der Waals surface area (Å²) < 4.78 is 0. The molecule has 2 atom stereocenters. The van der Waals surface area contributed by atoms with Crippen molar-refractivity contribution in [1.29, 1.82) is 0 Å². The number of nitrogens with two attached hydrogens (primary N) is 1. The number of nitrogens with one attached hydrogen (secondary N) is 1. The van der Waals surface area contributed by atoms with Crippen LogP contribution in [-0.2, 0) is 4.79 Å². The van der Waals surface area contributed by atoms with E-state index in [9.17, 15) is 14.4 Å². The number of benzene rings is 2. The molecule has 2 aromatic rings. The predicted octanol–water partition coefficient (Wildman–Crippen LogP) is 2.16. The number of imide groups is 1. The zero-order valence-electron chi connectivity index (χ0n) is 14.9. The molecule has 142 valence electrons. The van der Waals surface area contributed by atoms with Crippen molar-refractivity contribution in [3.63, 3.8) is 0 Å². The fourth-order valence-electron chi connectivity index (χ4n) is 3.02. The lowest BCUT2D eigenvalue weighted by atomic mass is 9.95. The summed E-state index contributed by atoms with van der Waals surface area (Å²) in [5.41, 5.74) is 7.85. The molecule has 3 rings (SSSR count). The molecule has 0 aliphatic carbocycles. The zero-order valence-corrected chi connectivity index (χ0v) is 15.7. The van der Waals surface area contributed by atoms with Gasteiger partial charge in [-0.3, -0.25) is 19.3 Å². The van der Waals surface area contributed by atoms with Gasteiger partial charge in [-0.25, -0.2) is 0 Å². The molecule has 7 heteroatoms. The molecule has 0 radical (unpaired) electrons. The second-order valence-corrected chi connectivity index (χ2v) is 6.32. The molecule has 2 unspecified atom stereocenters. The van der Waals surface area contributed by atoms with Gasteiger partial charge in [0.1, 0.15) is 0 Å². The van der Waals surface area contributed by atoms with Crippen LogP contribution in [0.25, 0.3) is 0 Å². The number of hydrogen-bond acceptors (Lipinski definition) is 4. The Morgan fingerprint density at radius 1 is 1.00 bits per heavy atom. The van der Waals surface area contributed by atoms with Crippen LogP contribution in [0.5, 0.6) is 0 Å². The van der Waals surface area contributed by atoms with Crippen LogP contribution in [0, 0.1) is 5.92 Å². The van der Waals surface area contributed by atoms with E-state index in [0.717, 1.165) is 10.5 Å². The Hall–Kier alpha value is -2.70. The highest BCUT2D eigenvalue weighted by Crippen LogP contribution is 2.22. The number of nitrogens with zero attached hydrogens (tertiary/aromatic N) is 1. The smallest absolute Gasteiger partial charge is 0.261 e. The van der Waals surface area contributed by atoms with E-state index in [0.29, 0.717) is 11.1 Å². The molecule has 6 nitrogen and oxygen atoms in total. The molecule has 0 bridgehead atoms. The molecule has 0 saturated carbocycles. The Labute approximate surface area is 164 Å². The standard InChI is InChI=1S/C20H21N3O3.ClH/c1-13(17(21)14-7-3-2-4-8-14)18(24)22-11-12-23-19(25)15-9-5-6-10-16(15)20(23)26;/h2-10,13,17H,11-12,21H2,1H3,(H,22,24);1H. The third-order valence-electron chi connectivity index (χ3n) is 4.65. The lowest BCUT2D eigenvalue weighted by Crippen LogP contribution is -2.41. The summed E-state index contributed by atoms with van der Waals surface area (Å²) in [6, 6.07) is 15.7. The van der Waals surface area contributed by atoms with Gasteiger partial charge in [0.25, 0.3) is 11.8 Å². The average Bonchev–Trinajstić information content (AvgIpc) is 2.92. The maximum Gasteiger partial charge on any atom is 0.261 e. The first-order valence-electron chi connectivity index (χ1n) is 8.54. The highest BCUT2D eigenvalue weighted by molar-refractivity contribution is 6.21. The lowest BCUT2D eigenvalue weighted by Gasteiger charge is -2.21. The highest BCUT2D eigenvalue weighted by Gasteiger charge is 2.34. The van der Waals surface area contributed by atoms with Gasteiger partial charge in [0.05, 0.1) is 17.0 Å². The molecule has 3 amide bonds. The molecular weight excluding hydrogens is 366 g/mol. The third-order valence-corrected chi connectivity index (χ3v) is 4.65. The van der Waals surface area contributed by atoms with Gasteiger partial charge in [0.15, 0.2) is 0 Å². The van der Waals surface area contributed by atoms with Crippen molar-refractivity contribution in [2.24, 2.45) is 11.7 Å². The largest absolute Gasteiger partial charge is 0.354 e. The number of amides is 3. The number of rotatable bonds is 6. The summed E-state index contributed by atoms with van der Waals surface area (Å²) >= 11 is 0. The first-order chi connectivity index (χ1) is 12.5. The number of carbonyl (C=O) groups is 3. The molecule has 0 saturated heterocycles. The van der Waals surface area contributed by atoms with Crippen LogP contribution in [0.2, 0.25) is 0 Å². The lowest BCUT2D eigenvalue weighted by molar-refractivity contribution is -0.125. The minimum absolute atomic E-state index is 0. The van der Waals surface area contributed by atoms with Crippen molar-refractivity contribution in [3.8, 4) is 0 Å². The maximum atomic E-state index is 12.3. The Morgan fingerprint density at radius 2 is 1.52 bits per heavy atom. The van der Waals surface area contributed by atoms with Gasteiger partial charge in [-0.05, 0) is 17.7 Å². The van der Waals surface area contributed by atoms with E-state index in [-0.39, 0.29) is 43.2 Å². The van der Waals surface area contributed by atoms with Crippen LogP contribution in [0.1, 0.15) is 39.2 Å². The van der Waals surface area contributed by atoms with E-state index >= 15 is 0 Å². The quantitative estimate of drug-likeness (QED) is 0.743. The van der Waals surface area contributed by atoms with Crippen molar-refractivity contribution in [3.05, 3.63) is 71.3 Å². The van der Waals surface area contributed by atoms with Crippen LogP contribution in [-0.4, -0.2) is 35.7 Å². The second-order valence-electron chi connectivity index (χ2n) is 6.32. The van der Waals surface area contributed by atoms with Gasteiger partial charge in [0, 0.05) is 19.1 Å². The Kier molecular flexibility index (Phi) is 6.71. The van der Waals surface area contributed by atoms with Crippen LogP contribution in [0.3, 0.4) is 0 Å². The van der Waals surface area contributed by atoms with Crippen LogP contribution in [0.15, 0.2) is 54.6 Å². The molecule has 3 N–H and O–H groups in total. The molecule has 2 aromatic carbocycles. The summed E-state index contributed by atoms with van der Waals surface area (Å²) in [4.78, 5) is 38.1. The Bertz CT molecular complexity index is 806. The summed E-state index contributed by atoms with van der Waals surface area (Å²) in [6.45, 7) is 2.08. The molecule has 27 heavy (non-hydrogen) atoms. The highest BCUT2D eigenvalue weighted by atomic mass is 35.5. The topological polar surface area (TPSA) is 92.5 Å². The van der Waals surface area contributed by atoms with Crippen LogP contribution in [0.4, 0.5) is 0 Å². The number of halogens is 1. The maximum absolute atomic E-state index is 12.3. The zero-order chi connectivity index (χ0) is 18.7. The fourth-order valence-corrected chi connectivity index (χ4v) is 3.02. The minimum Gasteiger partial charge on any atom is -0.354 e. The van der Waals surface area contributed by atoms with Gasteiger partial charge in [-0.1, -0.05) is 49.4 Å². The second kappa shape index (κ2) is 8.79. The third kappa shape index (κ3) is 4.18. The van der Waals surface area contributed by atoms with Gasteiger partial charge in [0.2, 0.25) is 5.91 Å². The summed E-state index contributed by atoms with van der Waals surface area (Å²) in [6.07, 6.45) is 0. The SMILES string of the molecule is CC(C(=O)NCCN1C(=O)c2ccccc2C1=O)C(N)c1ccccc1.Cl. The molecule has 1 aliphatic heterocycles. The van der Waals surface area contributed by atoms with Gasteiger partial charge < -0.3 is 11.1 Å². The van der Waals surface area contributed by atoms with E-state index in [2.05, 4.69) is 5.32 Å². The van der Waals surface area contributed by atoms with Gasteiger partial charge in [-0.2, -0.15) is 0 Å². The van der Waals surface area contributed by atoms with Gasteiger partial charge >= 0.3 is 0 Å². The number of fused-ring (bicyclic) bond motifs is 1. The monoisotopic (exact) mass is 387 g/mol. The van der Waals surface area contributed by atoms with E-state index in [1.165, 1.54) is 0 Å². The first kappa shape index (κ1) is 20.6.